The average molecular weight is 361 g/mol. The van der Waals surface area contributed by atoms with Crippen LogP contribution in [0.4, 0.5) is 5.13 Å². The molecule has 1 aromatic rings. The van der Waals surface area contributed by atoms with Crippen molar-refractivity contribution in [2.75, 3.05) is 18.5 Å². The number of aromatic nitrogens is 2. The number of ether oxygens (including phenoxy) is 2. The molecule has 0 fully saturated rings. The lowest BCUT2D eigenvalue weighted by Crippen LogP contribution is -2.16. The zero-order valence-corrected chi connectivity index (χ0v) is 14.8. The molecule has 0 aliphatic heterocycles. The van der Waals surface area contributed by atoms with Crippen LogP contribution in [0.15, 0.2) is 4.34 Å². The Hall–Kier alpha value is -1.68. The van der Waals surface area contributed by atoms with Crippen molar-refractivity contribution in [3.8, 4) is 0 Å². The number of rotatable bonds is 9. The molecule has 0 radical (unpaired) electrons. The minimum atomic E-state index is -0.417. The predicted molar refractivity (Wildman–Crippen MR) is 86.4 cm³/mol. The van der Waals surface area contributed by atoms with Crippen LogP contribution < -0.4 is 5.32 Å². The van der Waals surface area contributed by atoms with Crippen molar-refractivity contribution in [2.24, 2.45) is 0 Å². The Morgan fingerprint density at radius 2 is 1.87 bits per heavy atom. The van der Waals surface area contributed by atoms with Gasteiger partial charge in [0.1, 0.15) is 5.25 Å². The number of amides is 1. The number of esters is 2. The van der Waals surface area contributed by atoms with Crippen LogP contribution in [0.3, 0.4) is 0 Å². The molecule has 0 saturated carbocycles. The van der Waals surface area contributed by atoms with Crippen molar-refractivity contribution in [1.29, 1.82) is 0 Å². The molecule has 0 aliphatic carbocycles. The second-order valence-electron chi connectivity index (χ2n) is 4.24. The van der Waals surface area contributed by atoms with Crippen LogP contribution in [0.5, 0.6) is 0 Å². The fourth-order valence-corrected chi connectivity index (χ4v) is 3.31. The Kier molecular flexibility index (Phi) is 8.56. The summed E-state index contributed by atoms with van der Waals surface area (Å²) in [6.45, 7) is 5.76. The molecule has 8 nitrogen and oxygen atoms in total. The molecule has 23 heavy (non-hydrogen) atoms. The van der Waals surface area contributed by atoms with Gasteiger partial charge >= 0.3 is 11.9 Å². The average Bonchev–Trinajstić information content (AvgIpc) is 2.92. The third-order valence-corrected chi connectivity index (χ3v) is 4.41. The molecule has 0 aromatic carbocycles. The third-order valence-electron chi connectivity index (χ3n) is 2.41. The second kappa shape index (κ2) is 10.2. The second-order valence-corrected chi connectivity index (χ2v) is 6.80. The lowest BCUT2D eigenvalue weighted by molar-refractivity contribution is -0.144. The van der Waals surface area contributed by atoms with Crippen LogP contribution in [0.25, 0.3) is 0 Å². The van der Waals surface area contributed by atoms with Crippen molar-refractivity contribution < 1.29 is 23.9 Å². The Balaban J connectivity index is 2.42. The monoisotopic (exact) mass is 361 g/mol. The van der Waals surface area contributed by atoms with Gasteiger partial charge in [-0.1, -0.05) is 23.1 Å². The maximum Gasteiger partial charge on any atom is 0.319 e. The Morgan fingerprint density at radius 1 is 1.17 bits per heavy atom. The molecule has 128 valence electrons. The van der Waals surface area contributed by atoms with Gasteiger partial charge in [-0.15, -0.1) is 10.2 Å². The number of anilines is 1. The van der Waals surface area contributed by atoms with Gasteiger partial charge in [0.25, 0.3) is 0 Å². The molecule has 1 aromatic heterocycles. The van der Waals surface area contributed by atoms with E-state index < -0.39 is 11.2 Å². The molecule has 0 bridgehead atoms. The highest BCUT2D eigenvalue weighted by atomic mass is 32.2. The van der Waals surface area contributed by atoms with E-state index in [1.54, 1.807) is 20.8 Å². The molecule has 0 aliphatic rings. The van der Waals surface area contributed by atoms with Crippen LogP contribution in [0, 0.1) is 0 Å². The van der Waals surface area contributed by atoms with E-state index >= 15 is 0 Å². The van der Waals surface area contributed by atoms with Gasteiger partial charge in [-0.2, -0.15) is 0 Å². The first-order valence-electron chi connectivity index (χ1n) is 7.08. The van der Waals surface area contributed by atoms with Crippen molar-refractivity contribution in [3.05, 3.63) is 0 Å². The number of carbonyl (C=O) groups is 3. The number of hydrogen-bond acceptors (Lipinski definition) is 9. The van der Waals surface area contributed by atoms with Gasteiger partial charge in [-0.3, -0.25) is 14.4 Å². The molecule has 1 amide bonds. The summed E-state index contributed by atoms with van der Waals surface area (Å²) in [5.41, 5.74) is 0. The number of hydrogen-bond donors (Lipinski definition) is 1. The topological polar surface area (TPSA) is 107 Å². The highest BCUT2D eigenvalue weighted by Gasteiger charge is 2.18. The van der Waals surface area contributed by atoms with Crippen LogP contribution in [-0.2, 0) is 23.9 Å². The van der Waals surface area contributed by atoms with Crippen molar-refractivity contribution in [3.63, 3.8) is 0 Å². The Labute approximate surface area is 142 Å². The number of nitrogens with one attached hydrogen (secondary N) is 1. The van der Waals surface area contributed by atoms with Gasteiger partial charge in [-0.25, -0.2) is 0 Å². The third kappa shape index (κ3) is 7.42. The van der Waals surface area contributed by atoms with E-state index in [9.17, 15) is 14.4 Å². The molecular weight excluding hydrogens is 342 g/mol. The van der Waals surface area contributed by atoms with Crippen molar-refractivity contribution in [2.45, 2.75) is 43.2 Å². The normalized spacial score (nSPS) is 11.6. The first kappa shape index (κ1) is 19.4. The van der Waals surface area contributed by atoms with E-state index in [-0.39, 0.29) is 31.3 Å². The zero-order chi connectivity index (χ0) is 17.2. The molecule has 1 N–H and O–H groups in total. The first-order valence-corrected chi connectivity index (χ1v) is 8.78. The molecule has 10 heteroatoms. The van der Waals surface area contributed by atoms with E-state index in [4.69, 9.17) is 9.47 Å². The van der Waals surface area contributed by atoms with Crippen molar-refractivity contribution in [1.82, 2.24) is 10.2 Å². The summed E-state index contributed by atoms with van der Waals surface area (Å²) in [5.74, 6) is -1.09. The number of carbonyl (C=O) groups excluding carboxylic acids is 3. The van der Waals surface area contributed by atoms with E-state index in [0.29, 0.717) is 16.1 Å². The quantitative estimate of drug-likeness (QED) is 0.403. The van der Waals surface area contributed by atoms with Gasteiger partial charge in [0, 0.05) is 6.42 Å². The van der Waals surface area contributed by atoms with Crippen LogP contribution in [0.1, 0.15) is 33.6 Å². The van der Waals surface area contributed by atoms with E-state index in [1.165, 1.54) is 11.8 Å². The van der Waals surface area contributed by atoms with Gasteiger partial charge < -0.3 is 14.8 Å². The standard InChI is InChI=1S/C13H19N3O5S2/c1-4-20-10(18)7-6-9(17)14-12-15-16-13(23-12)22-8(3)11(19)21-5-2/h8H,4-7H2,1-3H3,(H,14,15,17). The van der Waals surface area contributed by atoms with E-state index in [0.717, 1.165) is 11.3 Å². The smallest absolute Gasteiger partial charge is 0.319 e. The maximum absolute atomic E-state index is 11.7. The summed E-state index contributed by atoms with van der Waals surface area (Å²) < 4.78 is 10.2. The van der Waals surface area contributed by atoms with Gasteiger partial charge in [0.05, 0.1) is 19.6 Å². The predicted octanol–water partition coefficient (Wildman–Crippen LogP) is 1.86. The highest BCUT2D eigenvalue weighted by molar-refractivity contribution is 8.02. The minimum absolute atomic E-state index is 0.0139. The zero-order valence-electron chi connectivity index (χ0n) is 13.2. The molecular formula is C13H19N3O5S2. The maximum atomic E-state index is 11.7. The lowest BCUT2D eigenvalue weighted by Gasteiger charge is -2.06. The summed E-state index contributed by atoms with van der Waals surface area (Å²) in [6.07, 6.45) is 0.0279. The largest absolute Gasteiger partial charge is 0.466 e. The van der Waals surface area contributed by atoms with Gasteiger partial charge in [0.15, 0.2) is 4.34 Å². The van der Waals surface area contributed by atoms with E-state index in [1.807, 2.05) is 0 Å². The SMILES string of the molecule is CCOC(=O)CCC(=O)Nc1nnc(SC(C)C(=O)OCC)s1. The summed E-state index contributed by atoms with van der Waals surface area (Å²) in [7, 11) is 0. The van der Waals surface area contributed by atoms with Crippen LogP contribution in [-0.4, -0.2) is 46.5 Å². The molecule has 1 atom stereocenters. The number of nitrogens with zero attached hydrogens (tertiary/aromatic N) is 2. The minimum Gasteiger partial charge on any atom is -0.466 e. The molecule has 0 saturated heterocycles. The summed E-state index contributed by atoms with van der Waals surface area (Å²) >= 11 is 2.36. The van der Waals surface area contributed by atoms with Gasteiger partial charge in [-0.05, 0) is 20.8 Å². The molecule has 1 rings (SSSR count). The molecule has 0 spiro atoms. The van der Waals surface area contributed by atoms with E-state index in [2.05, 4.69) is 15.5 Å². The summed E-state index contributed by atoms with van der Waals surface area (Å²) in [6, 6.07) is 0. The van der Waals surface area contributed by atoms with Crippen LogP contribution >= 0.6 is 23.1 Å². The number of thioether (sulfide) groups is 1. The first-order chi connectivity index (χ1) is 11.0. The molecule has 1 heterocycles. The Morgan fingerprint density at radius 3 is 2.52 bits per heavy atom. The highest BCUT2D eigenvalue weighted by Crippen LogP contribution is 2.29. The molecule has 1 unspecified atom stereocenters. The Bertz CT molecular complexity index is 549. The van der Waals surface area contributed by atoms with Crippen LogP contribution in [0.2, 0.25) is 0 Å². The summed E-state index contributed by atoms with van der Waals surface area (Å²) in [4.78, 5) is 34.4. The summed E-state index contributed by atoms with van der Waals surface area (Å²) in [5, 5.41) is 10.2. The lowest BCUT2D eigenvalue weighted by atomic mass is 10.3. The van der Waals surface area contributed by atoms with Gasteiger partial charge in [0.2, 0.25) is 11.0 Å². The fraction of sp³-hybridized carbons (Fsp3) is 0.615. The fourth-order valence-electron chi connectivity index (χ4n) is 1.40. The van der Waals surface area contributed by atoms with Crippen molar-refractivity contribution >= 4 is 46.1 Å².